The predicted molar refractivity (Wildman–Crippen MR) is 125 cm³/mol. The average molecular weight is 498 g/mol. The van der Waals surface area contributed by atoms with Crippen molar-refractivity contribution in [1.29, 1.82) is 0 Å². The normalized spacial score (nSPS) is 11.9. The summed E-state index contributed by atoms with van der Waals surface area (Å²) in [5.41, 5.74) is 2.61. The molecule has 12 heteroatoms. The molecule has 0 atom stereocenters. The summed E-state index contributed by atoms with van der Waals surface area (Å²) < 4.78 is 40.9. The smallest absolute Gasteiger partial charge is 0.290 e. The van der Waals surface area contributed by atoms with Crippen molar-refractivity contribution in [2.24, 2.45) is 0 Å². The molecule has 0 aliphatic rings. The van der Waals surface area contributed by atoms with E-state index in [1.54, 1.807) is 0 Å². The second-order valence-electron chi connectivity index (χ2n) is 7.82. The Morgan fingerprint density at radius 3 is 2.43 bits per heavy atom. The molecule has 0 aliphatic heterocycles. The van der Waals surface area contributed by atoms with Crippen molar-refractivity contribution in [2.45, 2.75) is 32.5 Å². The Morgan fingerprint density at radius 1 is 1.03 bits per heavy atom. The minimum Gasteiger partial charge on any atom is -0.290 e. The third-order valence-electron chi connectivity index (χ3n) is 5.43. The number of aromatic nitrogens is 7. The van der Waals surface area contributed by atoms with Crippen LogP contribution >= 0.6 is 11.3 Å². The monoisotopic (exact) mass is 497 g/mol. The Labute approximate surface area is 200 Å². The van der Waals surface area contributed by atoms with E-state index in [0.29, 0.717) is 35.8 Å². The van der Waals surface area contributed by atoms with Crippen molar-refractivity contribution < 1.29 is 13.2 Å². The molecule has 0 aliphatic carbocycles. The summed E-state index contributed by atoms with van der Waals surface area (Å²) in [5, 5.41) is 13.1. The number of hydrogen-bond donors (Lipinski definition) is 1. The highest BCUT2D eigenvalue weighted by Gasteiger charge is 2.36. The summed E-state index contributed by atoms with van der Waals surface area (Å²) in [6.07, 6.45) is -3.48. The maximum absolute atomic E-state index is 13.1. The van der Waals surface area contributed by atoms with Crippen LogP contribution in [0.1, 0.15) is 29.7 Å². The Hall–Kier alpha value is -3.93. The lowest BCUT2D eigenvalue weighted by Gasteiger charge is -2.12. The van der Waals surface area contributed by atoms with Gasteiger partial charge in [0.15, 0.2) is 10.3 Å². The van der Waals surface area contributed by atoms with Gasteiger partial charge in [0.2, 0.25) is 10.8 Å². The molecule has 0 amide bonds. The first-order valence-corrected chi connectivity index (χ1v) is 11.6. The summed E-state index contributed by atoms with van der Waals surface area (Å²) >= 11 is 0.396. The fraction of sp³-hybridized carbons (Fsp3) is 0.217. The van der Waals surface area contributed by atoms with Crippen LogP contribution in [0.3, 0.4) is 0 Å². The molecule has 1 N–H and O–H groups in total. The van der Waals surface area contributed by atoms with Gasteiger partial charge in [-0.3, -0.25) is 9.36 Å². The van der Waals surface area contributed by atoms with Crippen molar-refractivity contribution in [3.63, 3.8) is 0 Å². The van der Waals surface area contributed by atoms with Crippen LogP contribution in [0.2, 0.25) is 0 Å². The van der Waals surface area contributed by atoms with Gasteiger partial charge in [-0.25, -0.2) is 9.97 Å². The molecule has 0 fully saturated rings. The highest BCUT2D eigenvalue weighted by atomic mass is 32.1. The van der Waals surface area contributed by atoms with Gasteiger partial charge in [0.05, 0.1) is 6.54 Å². The predicted octanol–water partition coefficient (Wildman–Crippen LogP) is 4.72. The molecule has 3 heterocycles. The van der Waals surface area contributed by atoms with Gasteiger partial charge in [-0.1, -0.05) is 66.8 Å². The quantitative estimate of drug-likeness (QED) is 0.364. The number of hydrogen-bond acceptors (Lipinski definition) is 7. The van der Waals surface area contributed by atoms with E-state index in [0.717, 1.165) is 22.3 Å². The van der Waals surface area contributed by atoms with E-state index in [4.69, 9.17) is 0 Å². The summed E-state index contributed by atoms with van der Waals surface area (Å²) in [6, 6.07) is 15.2. The fourth-order valence-electron chi connectivity index (χ4n) is 3.83. The SMILES string of the molecule is CCCc1nc2sc(C(F)(F)F)nc2c(=O)n1Cc1ccc(-c2ccccc2-c2nn[nH]n2)cc1. The van der Waals surface area contributed by atoms with Crippen LogP contribution in [-0.4, -0.2) is 35.2 Å². The molecule has 178 valence electrons. The van der Waals surface area contributed by atoms with Gasteiger partial charge in [0.25, 0.3) is 5.56 Å². The lowest BCUT2D eigenvalue weighted by atomic mass is 9.98. The molecule has 2 aromatic carbocycles. The van der Waals surface area contributed by atoms with Gasteiger partial charge in [-0.2, -0.15) is 18.4 Å². The van der Waals surface area contributed by atoms with Crippen LogP contribution in [-0.2, 0) is 19.1 Å². The first kappa shape index (κ1) is 22.8. The second-order valence-corrected chi connectivity index (χ2v) is 8.80. The number of nitrogens with one attached hydrogen (secondary N) is 1. The summed E-state index contributed by atoms with van der Waals surface area (Å²) in [4.78, 5) is 21.0. The van der Waals surface area contributed by atoms with Crippen molar-refractivity contribution in [3.8, 4) is 22.5 Å². The van der Waals surface area contributed by atoms with E-state index in [9.17, 15) is 18.0 Å². The molecule has 5 aromatic rings. The van der Waals surface area contributed by atoms with Crippen LogP contribution in [0.5, 0.6) is 0 Å². The highest BCUT2D eigenvalue weighted by Crippen LogP contribution is 2.34. The number of rotatable bonds is 6. The average Bonchev–Trinajstić information content (AvgIpc) is 3.53. The van der Waals surface area contributed by atoms with E-state index < -0.39 is 16.7 Å². The molecule has 0 unspecified atom stereocenters. The number of alkyl halides is 3. The molecule has 0 saturated carbocycles. The number of aromatic amines is 1. The van der Waals surface area contributed by atoms with Gasteiger partial charge in [0.1, 0.15) is 5.82 Å². The van der Waals surface area contributed by atoms with Crippen LogP contribution < -0.4 is 5.56 Å². The number of halogens is 3. The zero-order chi connectivity index (χ0) is 24.6. The number of aryl methyl sites for hydroxylation is 1. The van der Waals surface area contributed by atoms with Gasteiger partial charge in [-0.05, 0) is 28.3 Å². The molecular weight excluding hydrogens is 479 g/mol. The molecule has 0 bridgehead atoms. The van der Waals surface area contributed by atoms with E-state index in [2.05, 4.69) is 30.6 Å². The zero-order valence-corrected chi connectivity index (χ0v) is 19.2. The van der Waals surface area contributed by atoms with E-state index in [-0.39, 0.29) is 16.9 Å². The Balaban J connectivity index is 1.51. The fourth-order valence-corrected chi connectivity index (χ4v) is 4.64. The molecule has 0 spiro atoms. The van der Waals surface area contributed by atoms with Crippen molar-refractivity contribution in [3.05, 3.63) is 75.3 Å². The third kappa shape index (κ3) is 4.44. The third-order valence-corrected chi connectivity index (χ3v) is 6.43. The minimum atomic E-state index is -4.62. The maximum atomic E-state index is 13.1. The van der Waals surface area contributed by atoms with Gasteiger partial charge >= 0.3 is 6.18 Å². The Bertz CT molecular complexity index is 1540. The number of fused-ring (bicyclic) bond motifs is 1. The van der Waals surface area contributed by atoms with Gasteiger partial charge < -0.3 is 0 Å². The van der Waals surface area contributed by atoms with Crippen molar-refractivity contribution in [1.82, 2.24) is 35.2 Å². The molecule has 0 radical (unpaired) electrons. The largest absolute Gasteiger partial charge is 0.443 e. The molecule has 8 nitrogen and oxygen atoms in total. The van der Waals surface area contributed by atoms with E-state index >= 15 is 0 Å². The molecule has 35 heavy (non-hydrogen) atoms. The molecule has 5 rings (SSSR count). The number of nitrogens with zero attached hydrogens (tertiary/aromatic N) is 6. The summed E-state index contributed by atoms with van der Waals surface area (Å²) in [6.45, 7) is 2.09. The maximum Gasteiger partial charge on any atom is 0.443 e. The standard InChI is InChI=1S/C23H18F3N7OS/c1-2-5-17-27-20-18(28-22(35-20)23(24,25)26)21(34)33(17)12-13-8-10-14(11-9-13)15-6-3-4-7-16(15)19-29-31-32-30-19/h3-4,6-11H,2,5,12H2,1H3,(H,29,30,31,32). The van der Waals surface area contributed by atoms with Crippen LogP contribution in [0.15, 0.2) is 53.3 Å². The first-order valence-electron chi connectivity index (χ1n) is 10.7. The van der Waals surface area contributed by atoms with Crippen molar-refractivity contribution in [2.75, 3.05) is 0 Å². The van der Waals surface area contributed by atoms with Crippen molar-refractivity contribution >= 4 is 21.7 Å². The lowest BCUT2D eigenvalue weighted by Crippen LogP contribution is -2.26. The number of H-pyrrole nitrogens is 1. The van der Waals surface area contributed by atoms with E-state index in [1.807, 2.05) is 55.5 Å². The van der Waals surface area contributed by atoms with Crippen LogP contribution in [0, 0.1) is 0 Å². The van der Waals surface area contributed by atoms with Crippen LogP contribution in [0.25, 0.3) is 32.9 Å². The minimum absolute atomic E-state index is 0.00967. The molecular formula is C23H18F3N7OS. The zero-order valence-electron chi connectivity index (χ0n) is 18.4. The highest BCUT2D eigenvalue weighted by molar-refractivity contribution is 7.18. The number of benzene rings is 2. The number of tetrazole rings is 1. The summed E-state index contributed by atoms with van der Waals surface area (Å²) in [7, 11) is 0. The Morgan fingerprint density at radius 2 is 1.77 bits per heavy atom. The molecule has 0 saturated heterocycles. The molecule has 3 aromatic heterocycles. The summed E-state index contributed by atoms with van der Waals surface area (Å²) in [5.74, 6) is 0.912. The lowest BCUT2D eigenvalue weighted by molar-refractivity contribution is -0.137. The number of thiazole rings is 1. The Kier molecular flexibility index (Phi) is 5.89. The van der Waals surface area contributed by atoms with Crippen LogP contribution in [0.4, 0.5) is 13.2 Å². The van der Waals surface area contributed by atoms with E-state index in [1.165, 1.54) is 4.57 Å². The van der Waals surface area contributed by atoms with Gasteiger partial charge in [-0.15, -0.1) is 10.2 Å². The topological polar surface area (TPSA) is 102 Å². The van der Waals surface area contributed by atoms with Gasteiger partial charge in [0, 0.05) is 12.0 Å². The first-order chi connectivity index (χ1) is 16.8. The second kappa shape index (κ2) is 9.02.